The second kappa shape index (κ2) is 9.59. The average Bonchev–Trinajstić information content (AvgIpc) is 3.27. The number of anilines is 2. The molecule has 1 amide bonds. The van der Waals surface area contributed by atoms with Gasteiger partial charge in [0, 0.05) is 18.8 Å². The molecule has 10 heteroatoms. The summed E-state index contributed by atoms with van der Waals surface area (Å²) in [5.74, 6) is 1.73. The zero-order chi connectivity index (χ0) is 20.8. The standard InChI is InChI=1S/C20H22N6O3S/c1-28-17-5-3-16(4-6-17)26-14-22-24-20(26)30-13-19(27)23-15-2-7-18(21-12-15)25-8-10-29-11-9-25/h2-7,12,14H,8-11,13H2,1H3,(H,23,27). The molecular formula is C20H22N6O3S. The highest BCUT2D eigenvalue weighted by Gasteiger charge is 2.13. The fraction of sp³-hybridized carbons (Fsp3) is 0.300. The number of nitrogens with zero attached hydrogens (tertiary/aromatic N) is 5. The number of ether oxygens (including phenoxy) is 2. The monoisotopic (exact) mass is 426 g/mol. The Kier molecular flexibility index (Phi) is 6.45. The molecule has 9 nitrogen and oxygen atoms in total. The van der Waals surface area contributed by atoms with Crippen LogP contribution in [-0.4, -0.2) is 64.8 Å². The highest BCUT2D eigenvalue weighted by molar-refractivity contribution is 7.99. The van der Waals surface area contributed by atoms with E-state index in [4.69, 9.17) is 9.47 Å². The van der Waals surface area contributed by atoms with Crippen LogP contribution in [0.5, 0.6) is 5.75 Å². The molecule has 0 atom stereocenters. The van der Waals surface area contributed by atoms with Gasteiger partial charge in [0.25, 0.3) is 0 Å². The van der Waals surface area contributed by atoms with Crippen LogP contribution < -0.4 is 15.0 Å². The molecule has 0 aliphatic carbocycles. The van der Waals surface area contributed by atoms with E-state index in [1.807, 2.05) is 41.0 Å². The first kappa shape index (κ1) is 20.2. The van der Waals surface area contributed by atoms with Crippen LogP contribution in [0.2, 0.25) is 0 Å². The van der Waals surface area contributed by atoms with Gasteiger partial charge in [-0.3, -0.25) is 9.36 Å². The van der Waals surface area contributed by atoms with Crippen molar-refractivity contribution in [2.75, 3.05) is 49.4 Å². The van der Waals surface area contributed by atoms with Crippen molar-refractivity contribution in [3.63, 3.8) is 0 Å². The molecule has 1 aliphatic heterocycles. The number of pyridine rings is 1. The number of aromatic nitrogens is 4. The zero-order valence-electron chi connectivity index (χ0n) is 16.5. The van der Waals surface area contributed by atoms with Gasteiger partial charge in [0.1, 0.15) is 17.9 Å². The fourth-order valence-electron chi connectivity index (χ4n) is 3.01. The summed E-state index contributed by atoms with van der Waals surface area (Å²) in [6.07, 6.45) is 3.30. The molecule has 1 fully saturated rings. The number of thioether (sulfide) groups is 1. The van der Waals surface area contributed by atoms with Crippen molar-refractivity contribution in [1.82, 2.24) is 19.7 Å². The summed E-state index contributed by atoms with van der Waals surface area (Å²) in [5, 5.41) is 11.6. The third-order valence-electron chi connectivity index (χ3n) is 4.57. The lowest BCUT2D eigenvalue weighted by Crippen LogP contribution is -2.36. The maximum absolute atomic E-state index is 12.4. The number of hydrogen-bond donors (Lipinski definition) is 1. The molecule has 3 heterocycles. The number of methoxy groups -OCH3 is 1. The van der Waals surface area contributed by atoms with Crippen molar-refractivity contribution in [3.05, 3.63) is 48.9 Å². The summed E-state index contributed by atoms with van der Waals surface area (Å²) >= 11 is 1.32. The van der Waals surface area contributed by atoms with Crippen LogP contribution in [-0.2, 0) is 9.53 Å². The van der Waals surface area contributed by atoms with Crippen LogP contribution in [0.3, 0.4) is 0 Å². The zero-order valence-corrected chi connectivity index (χ0v) is 17.3. The SMILES string of the molecule is COc1ccc(-n2cnnc2SCC(=O)Nc2ccc(N3CCOCC3)nc2)cc1. The number of carbonyl (C=O) groups excluding carboxylic acids is 1. The van der Waals surface area contributed by atoms with Crippen molar-refractivity contribution in [2.45, 2.75) is 5.16 Å². The van der Waals surface area contributed by atoms with E-state index < -0.39 is 0 Å². The molecule has 0 spiro atoms. The highest BCUT2D eigenvalue weighted by Crippen LogP contribution is 2.22. The first-order valence-corrected chi connectivity index (χ1v) is 10.5. The molecule has 2 aromatic heterocycles. The third kappa shape index (κ3) is 4.89. The fourth-order valence-corrected chi connectivity index (χ4v) is 3.74. The minimum absolute atomic E-state index is 0.134. The van der Waals surface area contributed by atoms with Gasteiger partial charge in [-0.1, -0.05) is 11.8 Å². The Morgan fingerprint density at radius 1 is 1.20 bits per heavy atom. The number of hydrogen-bond acceptors (Lipinski definition) is 8. The largest absolute Gasteiger partial charge is 0.497 e. The van der Waals surface area contributed by atoms with Crippen molar-refractivity contribution in [1.29, 1.82) is 0 Å². The lowest BCUT2D eigenvalue weighted by atomic mass is 10.3. The molecule has 0 unspecified atom stereocenters. The predicted molar refractivity (Wildman–Crippen MR) is 115 cm³/mol. The molecular weight excluding hydrogens is 404 g/mol. The molecule has 1 aliphatic rings. The lowest BCUT2D eigenvalue weighted by Gasteiger charge is -2.27. The van der Waals surface area contributed by atoms with Gasteiger partial charge >= 0.3 is 0 Å². The quantitative estimate of drug-likeness (QED) is 0.575. The van der Waals surface area contributed by atoms with Crippen LogP contribution in [0.25, 0.3) is 5.69 Å². The summed E-state index contributed by atoms with van der Waals surface area (Å²) in [4.78, 5) is 19.0. The first-order chi connectivity index (χ1) is 14.7. The highest BCUT2D eigenvalue weighted by atomic mass is 32.2. The summed E-state index contributed by atoms with van der Waals surface area (Å²) in [5.41, 5.74) is 1.56. The second-order valence-corrected chi connectivity index (χ2v) is 7.47. The Hall–Kier alpha value is -3.11. The minimum atomic E-state index is -0.134. The van der Waals surface area contributed by atoms with Crippen LogP contribution in [0.15, 0.2) is 54.1 Å². The molecule has 4 rings (SSSR count). The van der Waals surface area contributed by atoms with Gasteiger partial charge in [-0.15, -0.1) is 10.2 Å². The van der Waals surface area contributed by atoms with E-state index in [1.165, 1.54) is 11.8 Å². The molecule has 0 radical (unpaired) electrons. The summed E-state index contributed by atoms with van der Waals surface area (Å²) in [6, 6.07) is 11.3. The van der Waals surface area contributed by atoms with Gasteiger partial charge in [0.15, 0.2) is 5.16 Å². The number of carbonyl (C=O) groups is 1. The van der Waals surface area contributed by atoms with E-state index in [0.29, 0.717) is 24.1 Å². The molecule has 30 heavy (non-hydrogen) atoms. The number of amides is 1. The predicted octanol–water partition coefficient (Wildman–Crippen LogP) is 2.24. The van der Waals surface area contributed by atoms with Gasteiger partial charge in [0.2, 0.25) is 5.91 Å². The number of morpholine rings is 1. The van der Waals surface area contributed by atoms with Crippen molar-refractivity contribution in [3.8, 4) is 11.4 Å². The Morgan fingerprint density at radius 3 is 2.70 bits per heavy atom. The Morgan fingerprint density at radius 2 is 2.00 bits per heavy atom. The molecule has 1 N–H and O–H groups in total. The van der Waals surface area contributed by atoms with Gasteiger partial charge < -0.3 is 19.7 Å². The van der Waals surface area contributed by atoms with Crippen LogP contribution in [0.4, 0.5) is 11.5 Å². The van der Waals surface area contributed by atoms with E-state index in [0.717, 1.165) is 30.3 Å². The molecule has 0 bridgehead atoms. The Balaban J connectivity index is 1.32. The summed E-state index contributed by atoms with van der Waals surface area (Å²) < 4.78 is 12.4. The van der Waals surface area contributed by atoms with Gasteiger partial charge in [0.05, 0.1) is 38.0 Å². The van der Waals surface area contributed by atoms with E-state index in [-0.39, 0.29) is 11.7 Å². The van der Waals surface area contributed by atoms with E-state index in [2.05, 4.69) is 25.4 Å². The van der Waals surface area contributed by atoms with Gasteiger partial charge in [-0.25, -0.2) is 4.98 Å². The second-order valence-electron chi connectivity index (χ2n) is 6.52. The summed E-state index contributed by atoms with van der Waals surface area (Å²) in [6.45, 7) is 3.06. The first-order valence-electron chi connectivity index (χ1n) is 9.49. The smallest absolute Gasteiger partial charge is 0.234 e. The van der Waals surface area contributed by atoms with Crippen molar-refractivity contribution >= 4 is 29.2 Å². The topological polar surface area (TPSA) is 94.4 Å². The van der Waals surface area contributed by atoms with Gasteiger partial charge in [-0.05, 0) is 36.4 Å². The van der Waals surface area contributed by atoms with Crippen LogP contribution in [0.1, 0.15) is 0 Å². The normalized spacial score (nSPS) is 13.8. The number of benzene rings is 1. The molecule has 1 aromatic carbocycles. The number of nitrogens with one attached hydrogen (secondary N) is 1. The minimum Gasteiger partial charge on any atom is -0.497 e. The molecule has 156 valence electrons. The summed E-state index contributed by atoms with van der Waals surface area (Å²) in [7, 11) is 1.62. The third-order valence-corrected chi connectivity index (χ3v) is 5.51. The maximum Gasteiger partial charge on any atom is 0.234 e. The Labute approximate surface area is 178 Å². The van der Waals surface area contributed by atoms with Crippen molar-refractivity contribution < 1.29 is 14.3 Å². The Bertz CT molecular complexity index is 971. The lowest BCUT2D eigenvalue weighted by molar-refractivity contribution is -0.113. The van der Waals surface area contributed by atoms with E-state index in [1.54, 1.807) is 19.6 Å². The average molecular weight is 427 g/mol. The molecule has 0 saturated carbocycles. The molecule has 1 saturated heterocycles. The number of rotatable bonds is 7. The van der Waals surface area contributed by atoms with Crippen molar-refractivity contribution in [2.24, 2.45) is 0 Å². The van der Waals surface area contributed by atoms with Gasteiger partial charge in [-0.2, -0.15) is 0 Å². The van der Waals surface area contributed by atoms with Crippen LogP contribution >= 0.6 is 11.8 Å². The van der Waals surface area contributed by atoms with E-state index in [9.17, 15) is 4.79 Å². The van der Waals surface area contributed by atoms with Crippen LogP contribution in [0, 0.1) is 0 Å². The maximum atomic E-state index is 12.4. The van der Waals surface area contributed by atoms with E-state index >= 15 is 0 Å². The molecule has 3 aromatic rings.